The first kappa shape index (κ1) is 14.3. The number of carbonyl (C=O) groups excluding carboxylic acids is 1. The zero-order valence-electron chi connectivity index (χ0n) is 9.84. The zero-order valence-corrected chi connectivity index (χ0v) is 11.3. The van der Waals surface area contributed by atoms with Gasteiger partial charge in [0.2, 0.25) is 5.91 Å². The SMILES string of the molecule is CC[C@H](C)[C@H](N)C(=O)Nc1ccc(Cl)cc1Cl. The van der Waals surface area contributed by atoms with Crippen molar-refractivity contribution in [1.29, 1.82) is 0 Å². The highest BCUT2D eigenvalue weighted by molar-refractivity contribution is 6.36. The van der Waals surface area contributed by atoms with E-state index in [-0.39, 0.29) is 11.8 Å². The van der Waals surface area contributed by atoms with Gasteiger partial charge in [-0.25, -0.2) is 0 Å². The zero-order chi connectivity index (χ0) is 13.0. The molecule has 1 aromatic carbocycles. The number of halogens is 2. The van der Waals surface area contributed by atoms with E-state index in [0.717, 1.165) is 6.42 Å². The Kier molecular flexibility index (Phi) is 5.25. The molecule has 0 radical (unpaired) electrons. The molecule has 1 rings (SSSR count). The van der Waals surface area contributed by atoms with Crippen LogP contribution in [-0.4, -0.2) is 11.9 Å². The third kappa shape index (κ3) is 3.87. The van der Waals surface area contributed by atoms with E-state index in [2.05, 4.69) is 5.32 Å². The van der Waals surface area contributed by atoms with Gasteiger partial charge in [0.05, 0.1) is 16.8 Å². The number of amides is 1. The lowest BCUT2D eigenvalue weighted by atomic mass is 9.99. The number of nitrogens with two attached hydrogens (primary N) is 1. The van der Waals surface area contributed by atoms with Crippen LogP contribution in [0.15, 0.2) is 18.2 Å². The van der Waals surface area contributed by atoms with E-state index in [1.54, 1.807) is 18.2 Å². The Bertz CT molecular complexity index is 409. The molecule has 0 spiro atoms. The van der Waals surface area contributed by atoms with E-state index in [0.29, 0.717) is 15.7 Å². The quantitative estimate of drug-likeness (QED) is 0.885. The predicted molar refractivity (Wildman–Crippen MR) is 72.5 cm³/mol. The summed E-state index contributed by atoms with van der Waals surface area (Å²) in [5.74, 6) is -0.107. The van der Waals surface area contributed by atoms with Crippen molar-refractivity contribution in [3.05, 3.63) is 28.2 Å². The maximum absolute atomic E-state index is 11.8. The Morgan fingerprint density at radius 2 is 2.12 bits per heavy atom. The van der Waals surface area contributed by atoms with Gasteiger partial charge in [-0.15, -0.1) is 0 Å². The van der Waals surface area contributed by atoms with Gasteiger partial charge in [-0.1, -0.05) is 43.5 Å². The standard InChI is InChI=1S/C12H16Cl2N2O/c1-3-7(2)11(15)12(17)16-10-5-4-8(13)6-9(10)14/h4-7,11H,3,15H2,1-2H3,(H,16,17)/t7-,11-/m0/s1. The van der Waals surface area contributed by atoms with Crippen LogP contribution in [0, 0.1) is 5.92 Å². The Morgan fingerprint density at radius 1 is 1.47 bits per heavy atom. The van der Waals surface area contributed by atoms with Crippen molar-refractivity contribution < 1.29 is 4.79 Å². The third-order valence-electron chi connectivity index (χ3n) is 2.75. The average Bonchev–Trinajstić information content (AvgIpc) is 2.30. The van der Waals surface area contributed by atoms with Gasteiger partial charge in [0.15, 0.2) is 0 Å². The van der Waals surface area contributed by atoms with Gasteiger partial charge in [0.1, 0.15) is 0 Å². The molecule has 5 heteroatoms. The second-order valence-electron chi connectivity index (χ2n) is 4.02. The molecule has 2 atom stereocenters. The summed E-state index contributed by atoms with van der Waals surface area (Å²) in [4.78, 5) is 11.8. The minimum Gasteiger partial charge on any atom is -0.323 e. The van der Waals surface area contributed by atoms with E-state index >= 15 is 0 Å². The summed E-state index contributed by atoms with van der Waals surface area (Å²) in [6.45, 7) is 3.93. The van der Waals surface area contributed by atoms with Crippen LogP contribution < -0.4 is 11.1 Å². The summed E-state index contributed by atoms with van der Waals surface area (Å²) in [5, 5.41) is 3.63. The van der Waals surface area contributed by atoms with Gasteiger partial charge in [0, 0.05) is 5.02 Å². The molecule has 0 saturated carbocycles. The number of nitrogens with one attached hydrogen (secondary N) is 1. The van der Waals surface area contributed by atoms with Gasteiger partial charge < -0.3 is 11.1 Å². The molecule has 0 unspecified atom stereocenters. The second kappa shape index (κ2) is 6.24. The van der Waals surface area contributed by atoms with Crippen molar-refractivity contribution >= 4 is 34.8 Å². The number of benzene rings is 1. The Hall–Kier alpha value is -0.770. The van der Waals surface area contributed by atoms with Crippen LogP contribution in [-0.2, 0) is 4.79 Å². The highest BCUT2D eigenvalue weighted by atomic mass is 35.5. The van der Waals surface area contributed by atoms with Crippen molar-refractivity contribution in [2.45, 2.75) is 26.3 Å². The van der Waals surface area contributed by atoms with Gasteiger partial charge >= 0.3 is 0 Å². The van der Waals surface area contributed by atoms with Crippen LogP contribution in [0.5, 0.6) is 0 Å². The van der Waals surface area contributed by atoms with Crippen LogP contribution in [0.25, 0.3) is 0 Å². The number of rotatable bonds is 4. The van der Waals surface area contributed by atoms with Crippen LogP contribution >= 0.6 is 23.2 Å². The van der Waals surface area contributed by atoms with Crippen LogP contribution in [0.2, 0.25) is 10.0 Å². The average molecular weight is 275 g/mol. The van der Waals surface area contributed by atoms with Crippen molar-refractivity contribution in [2.24, 2.45) is 11.7 Å². The fraction of sp³-hybridized carbons (Fsp3) is 0.417. The summed E-state index contributed by atoms with van der Waals surface area (Å²) in [6.07, 6.45) is 0.850. The van der Waals surface area contributed by atoms with E-state index in [1.165, 1.54) is 0 Å². The first-order chi connectivity index (χ1) is 7.95. The van der Waals surface area contributed by atoms with Gasteiger partial charge in [0.25, 0.3) is 0 Å². The van der Waals surface area contributed by atoms with E-state index < -0.39 is 6.04 Å². The summed E-state index contributed by atoms with van der Waals surface area (Å²) < 4.78 is 0. The third-order valence-corrected chi connectivity index (χ3v) is 3.30. The highest BCUT2D eigenvalue weighted by Crippen LogP contribution is 2.25. The van der Waals surface area contributed by atoms with E-state index in [1.807, 2.05) is 13.8 Å². The number of anilines is 1. The topological polar surface area (TPSA) is 55.1 Å². The van der Waals surface area contributed by atoms with Crippen molar-refractivity contribution in [2.75, 3.05) is 5.32 Å². The molecule has 0 saturated heterocycles. The van der Waals surface area contributed by atoms with Crippen molar-refractivity contribution in [3.63, 3.8) is 0 Å². The van der Waals surface area contributed by atoms with Crippen molar-refractivity contribution in [3.8, 4) is 0 Å². The van der Waals surface area contributed by atoms with Crippen molar-refractivity contribution in [1.82, 2.24) is 0 Å². The largest absolute Gasteiger partial charge is 0.323 e. The fourth-order valence-corrected chi connectivity index (χ4v) is 1.77. The molecule has 17 heavy (non-hydrogen) atoms. The predicted octanol–water partition coefficient (Wildman–Crippen LogP) is 3.31. The maximum Gasteiger partial charge on any atom is 0.241 e. The summed E-state index contributed by atoms with van der Waals surface area (Å²) >= 11 is 11.7. The molecule has 0 aliphatic rings. The van der Waals surface area contributed by atoms with Crippen LogP contribution in [0.4, 0.5) is 5.69 Å². The molecule has 0 aliphatic carbocycles. The smallest absolute Gasteiger partial charge is 0.241 e. The molecule has 0 aromatic heterocycles. The molecule has 0 heterocycles. The Labute approximate surface area is 111 Å². The lowest BCUT2D eigenvalue weighted by molar-refractivity contribution is -0.118. The molecule has 1 aromatic rings. The molecular formula is C12H16Cl2N2O. The van der Waals surface area contributed by atoms with Gasteiger partial charge in [-0.05, 0) is 24.1 Å². The lowest BCUT2D eigenvalue weighted by Gasteiger charge is -2.18. The molecule has 0 bridgehead atoms. The molecule has 3 nitrogen and oxygen atoms in total. The van der Waals surface area contributed by atoms with E-state index in [4.69, 9.17) is 28.9 Å². The monoisotopic (exact) mass is 274 g/mol. The summed E-state index contributed by atoms with van der Waals surface area (Å²) in [7, 11) is 0. The highest BCUT2D eigenvalue weighted by Gasteiger charge is 2.20. The molecule has 0 aliphatic heterocycles. The van der Waals surface area contributed by atoms with Crippen LogP contribution in [0.3, 0.4) is 0 Å². The molecular weight excluding hydrogens is 259 g/mol. The summed E-state index contributed by atoms with van der Waals surface area (Å²) in [6, 6.07) is 4.36. The fourth-order valence-electron chi connectivity index (χ4n) is 1.32. The minimum atomic E-state index is -0.535. The number of carbonyl (C=O) groups is 1. The van der Waals surface area contributed by atoms with Gasteiger partial charge in [-0.3, -0.25) is 4.79 Å². The molecule has 94 valence electrons. The normalized spacial score (nSPS) is 14.2. The Morgan fingerprint density at radius 3 is 2.65 bits per heavy atom. The maximum atomic E-state index is 11.8. The lowest BCUT2D eigenvalue weighted by Crippen LogP contribution is -2.40. The second-order valence-corrected chi connectivity index (χ2v) is 4.87. The number of hydrogen-bond acceptors (Lipinski definition) is 2. The van der Waals surface area contributed by atoms with E-state index in [9.17, 15) is 4.79 Å². The van der Waals surface area contributed by atoms with Gasteiger partial charge in [-0.2, -0.15) is 0 Å². The Balaban J connectivity index is 2.74. The summed E-state index contributed by atoms with van der Waals surface area (Å²) in [5.41, 5.74) is 6.35. The molecule has 3 N–H and O–H groups in total. The first-order valence-corrected chi connectivity index (χ1v) is 6.22. The van der Waals surface area contributed by atoms with Crippen LogP contribution in [0.1, 0.15) is 20.3 Å². The minimum absolute atomic E-state index is 0.126. The number of hydrogen-bond donors (Lipinski definition) is 2. The molecule has 1 amide bonds. The first-order valence-electron chi connectivity index (χ1n) is 5.47. The molecule has 0 fully saturated rings.